The van der Waals surface area contributed by atoms with Crippen LogP contribution in [-0.2, 0) is 25.5 Å². The van der Waals surface area contributed by atoms with E-state index in [4.69, 9.17) is 18.6 Å². The van der Waals surface area contributed by atoms with Gasteiger partial charge in [0.05, 0.1) is 44.4 Å². The minimum atomic E-state index is -0.656. The fourth-order valence-electron chi connectivity index (χ4n) is 3.67. The number of nitrogens with one attached hydrogen (secondary N) is 1. The number of nitrogens with zero attached hydrogens (tertiary/aromatic N) is 3. The van der Waals surface area contributed by atoms with Crippen molar-refractivity contribution in [3.63, 3.8) is 0 Å². The first-order valence-corrected chi connectivity index (χ1v) is 12.5. The molecule has 35 heavy (non-hydrogen) atoms. The maximum absolute atomic E-state index is 12.8. The normalized spacial score (nSPS) is 15.2. The third-order valence-electron chi connectivity index (χ3n) is 5.36. The first-order valence-electron chi connectivity index (χ1n) is 10.7. The Kier molecular flexibility index (Phi) is 7.88. The van der Waals surface area contributed by atoms with Gasteiger partial charge in [0.2, 0.25) is 11.7 Å². The van der Waals surface area contributed by atoms with Crippen molar-refractivity contribution in [3.8, 4) is 11.6 Å². The largest absolute Gasteiger partial charge is 0.465 e. The van der Waals surface area contributed by atoms with Gasteiger partial charge in [0.1, 0.15) is 9.88 Å². The molecule has 13 heteroatoms. The Hall–Kier alpha value is -3.16. The van der Waals surface area contributed by atoms with Crippen LogP contribution in [0.15, 0.2) is 28.0 Å². The molecular weight excluding hydrogens is 496 g/mol. The van der Waals surface area contributed by atoms with E-state index < -0.39 is 11.9 Å². The highest BCUT2D eigenvalue weighted by molar-refractivity contribution is 7.99. The average Bonchev–Trinajstić information content (AvgIpc) is 3.65. The summed E-state index contributed by atoms with van der Waals surface area (Å²) < 4.78 is 22.8. The van der Waals surface area contributed by atoms with Crippen LogP contribution in [0, 0.1) is 6.92 Å². The maximum atomic E-state index is 12.8. The Morgan fingerprint density at radius 1 is 1.26 bits per heavy atom. The molecule has 1 aliphatic heterocycles. The van der Waals surface area contributed by atoms with Gasteiger partial charge in [0.15, 0.2) is 10.9 Å². The van der Waals surface area contributed by atoms with Gasteiger partial charge in [-0.1, -0.05) is 11.8 Å². The van der Waals surface area contributed by atoms with Crippen LogP contribution in [0.1, 0.15) is 38.4 Å². The van der Waals surface area contributed by atoms with Crippen LogP contribution < -0.4 is 5.32 Å². The summed E-state index contributed by atoms with van der Waals surface area (Å²) in [7, 11) is 2.48. The number of carbonyl (C=O) groups is 3. The molecule has 3 aromatic heterocycles. The lowest BCUT2D eigenvalue weighted by Gasteiger charge is -2.14. The quantitative estimate of drug-likeness (QED) is 0.330. The number of furan rings is 1. The van der Waals surface area contributed by atoms with E-state index in [2.05, 4.69) is 15.5 Å². The molecule has 1 atom stereocenters. The van der Waals surface area contributed by atoms with E-state index in [1.165, 1.54) is 26.0 Å². The number of hydrogen-bond acceptors (Lipinski definition) is 11. The van der Waals surface area contributed by atoms with Gasteiger partial charge in [0.25, 0.3) is 0 Å². The second kappa shape index (κ2) is 11.1. The summed E-state index contributed by atoms with van der Waals surface area (Å²) in [5.41, 5.74) is 0.508. The van der Waals surface area contributed by atoms with Crippen LogP contribution >= 0.6 is 23.1 Å². The van der Waals surface area contributed by atoms with Gasteiger partial charge in [0, 0.05) is 6.61 Å². The van der Waals surface area contributed by atoms with Crippen molar-refractivity contribution in [1.29, 1.82) is 0 Å². The Balaban J connectivity index is 1.51. The van der Waals surface area contributed by atoms with Crippen molar-refractivity contribution in [3.05, 3.63) is 34.4 Å². The molecule has 1 N–H and O–H groups in total. The van der Waals surface area contributed by atoms with Gasteiger partial charge >= 0.3 is 11.9 Å². The van der Waals surface area contributed by atoms with Crippen LogP contribution in [0.2, 0.25) is 0 Å². The fraction of sp³-hybridized carbons (Fsp3) is 0.409. The number of rotatable bonds is 9. The summed E-state index contributed by atoms with van der Waals surface area (Å²) in [6.45, 7) is 2.85. The molecule has 1 unspecified atom stereocenters. The second-order valence-corrected chi connectivity index (χ2v) is 9.57. The fourth-order valence-corrected chi connectivity index (χ4v) is 5.55. The molecule has 186 valence electrons. The highest BCUT2D eigenvalue weighted by Crippen LogP contribution is 2.34. The zero-order valence-corrected chi connectivity index (χ0v) is 21.0. The van der Waals surface area contributed by atoms with Crippen LogP contribution in [0.5, 0.6) is 0 Å². The molecule has 11 nitrogen and oxygen atoms in total. The molecule has 4 heterocycles. The van der Waals surface area contributed by atoms with Gasteiger partial charge in [-0.3, -0.25) is 9.36 Å². The minimum Gasteiger partial charge on any atom is -0.465 e. The van der Waals surface area contributed by atoms with Crippen LogP contribution in [0.4, 0.5) is 5.00 Å². The number of anilines is 1. The van der Waals surface area contributed by atoms with E-state index in [0.29, 0.717) is 35.5 Å². The Morgan fingerprint density at radius 3 is 2.71 bits per heavy atom. The molecule has 0 bridgehead atoms. The van der Waals surface area contributed by atoms with Crippen LogP contribution in [0.25, 0.3) is 11.6 Å². The SMILES string of the molecule is COC(=O)c1sc(NC(=O)CSc2nnc(-c3ccco3)n2CC2CCCO2)c(C(=O)OC)c1C. The number of carbonyl (C=O) groups excluding carboxylic acids is 3. The molecule has 0 aliphatic carbocycles. The molecule has 0 radical (unpaired) electrons. The second-order valence-electron chi connectivity index (χ2n) is 7.61. The van der Waals surface area contributed by atoms with Crippen molar-refractivity contribution in [2.75, 3.05) is 31.9 Å². The van der Waals surface area contributed by atoms with Gasteiger partial charge in [-0.15, -0.1) is 21.5 Å². The van der Waals surface area contributed by atoms with Crippen LogP contribution in [0.3, 0.4) is 0 Å². The predicted octanol–water partition coefficient (Wildman–Crippen LogP) is 3.39. The van der Waals surface area contributed by atoms with E-state index in [1.807, 2.05) is 4.57 Å². The Bertz CT molecular complexity index is 1210. The number of thiophene rings is 1. The summed E-state index contributed by atoms with van der Waals surface area (Å²) in [4.78, 5) is 37.4. The summed E-state index contributed by atoms with van der Waals surface area (Å²) >= 11 is 2.16. The van der Waals surface area contributed by atoms with Gasteiger partial charge < -0.3 is 23.9 Å². The minimum absolute atomic E-state index is 0.00701. The van der Waals surface area contributed by atoms with E-state index in [1.54, 1.807) is 25.3 Å². The smallest absolute Gasteiger partial charge is 0.348 e. The zero-order chi connectivity index (χ0) is 24.9. The molecule has 0 spiro atoms. The number of amides is 1. The lowest BCUT2D eigenvalue weighted by Crippen LogP contribution is -2.18. The molecular formula is C22H24N4O7S2. The molecule has 1 amide bonds. The Labute approximate surface area is 209 Å². The molecule has 1 fully saturated rings. The van der Waals surface area contributed by atoms with E-state index >= 15 is 0 Å². The first-order chi connectivity index (χ1) is 16.9. The number of ether oxygens (including phenoxy) is 3. The lowest BCUT2D eigenvalue weighted by atomic mass is 10.1. The maximum Gasteiger partial charge on any atom is 0.348 e. The van der Waals surface area contributed by atoms with Crippen LogP contribution in [-0.4, -0.2) is 65.3 Å². The Morgan fingerprint density at radius 2 is 2.06 bits per heavy atom. The first kappa shape index (κ1) is 24.9. The molecule has 0 saturated carbocycles. The monoisotopic (exact) mass is 520 g/mol. The van der Waals surface area contributed by atoms with Crippen molar-refractivity contribution in [1.82, 2.24) is 14.8 Å². The van der Waals surface area contributed by atoms with E-state index in [9.17, 15) is 14.4 Å². The third kappa shape index (κ3) is 5.41. The number of hydrogen-bond donors (Lipinski definition) is 1. The van der Waals surface area contributed by atoms with Crippen molar-refractivity contribution < 1.29 is 33.0 Å². The molecule has 3 aromatic rings. The van der Waals surface area contributed by atoms with Crippen molar-refractivity contribution >= 4 is 45.9 Å². The zero-order valence-electron chi connectivity index (χ0n) is 19.4. The third-order valence-corrected chi connectivity index (χ3v) is 7.52. The van der Waals surface area contributed by atoms with Gasteiger partial charge in [-0.05, 0) is 37.5 Å². The summed E-state index contributed by atoms with van der Waals surface area (Å²) in [5.74, 6) is -0.523. The highest BCUT2D eigenvalue weighted by atomic mass is 32.2. The summed E-state index contributed by atoms with van der Waals surface area (Å²) in [5, 5.41) is 12.0. The number of esters is 2. The number of aromatic nitrogens is 3. The van der Waals surface area contributed by atoms with Gasteiger partial charge in [-0.2, -0.15) is 0 Å². The number of methoxy groups -OCH3 is 2. The average molecular weight is 521 g/mol. The molecule has 4 rings (SSSR count). The molecule has 1 aliphatic rings. The summed E-state index contributed by atoms with van der Waals surface area (Å²) in [6.07, 6.45) is 3.51. The van der Waals surface area contributed by atoms with Crippen molar-refractivity contribution in [2.24, 2.45) is 0 Å². The van der Waals surface area contributed by atoms with Gasteiger partial charge in [-0.25, -0.2) is 9.59 Å². The van der Waals surface area contributed by atoms with E-state index in [-0.39, 0.29) is 33.2 Å². The highest BCUT2D eigenvalue weighted by Gasteiger charge is 2.27. The molecule has 1 saturated heterocycles. The number of thioether (sulfide) groups is 1. The lowest BCUT2D eigenvalue weighted by molar-refractivity contribution is -0.113. The standard InChI is InChI=1S/C22H24N4O7S2/c1-12-16(20(28)30-2)19(35-17(12)21(29)31-3)23-15(27)11-34-22-25-24-18(14-7-5-9-33-14)26(22)10-13-6-4-8-32-13/h5,7,9,13H,4,6,8,10-11H2,1-3H3,(H,23,27). The van der Waals surface area contributed by atoms with Crippen molar-refractivity contribution in [2.45, 2.75) is 37.6 Å². The molecule has 0 aromatic carbocycles. The summed E-state index contributed by atoms with van der Waals surface area (Å²) in [6, 6.07) is 3.56. The predicted molar refractivity (Wildman–Crippen MR) is 128 cm³/mol. The van der Waals surface area contributed by atoms with E-state index in [0.717, 1.165) is 24.2 Å². The topological polar surface area (TPSA) is 135 Å².